The van der Waals surface area contributed by atoms with E-state index in [2.05, 4.69) is 53.5 Å². The number of halogens is 1. The minimum Gasteiger partial charge on any atom is -0.354 e. The molecule has 0 fully saturated rings. The van der Waals surface area contributed by atoms with E-state index in [9.17, 15) is 0 Å². The summed E-state index contributed by atoms with van der Waals surface area (Å²) >= 11 is 0. The van der Waals surface area contributed by atoms with Crippen LogP contribution in [0.25, 0.3) is 10.8 Å². The van der Waals surface area contributed by atoms with Crippen molar-refractivity contribution in [1.82, 2.24) is 15.6 Å². The highest BCUT2D eigenvalue weighted by atomic mass is 127. The Hall–Kier alpha value is -1.37. The summed E-state index contributed by atoms with van der Waals surface area (Å²) in [6, 6.07) is 10.7. The predicted octanol–water partition coefficient (Wildman–Crippen LogP) is 3.56. The number of fused-ring (bicyclic) bond motifs is 1. The van der Waals surface area contributed by atoms with Gasteiger partial charge in [0.2, 0.25) is 0 Å². The number of rotatable bonds is 4. The Morgan fingerprint density at radius 3 is 2.59 bits per heavy atom. The van der Waals surface area contributed by atoms with E-state index in [0.717, 1.165) is 11.7 Å². The first-order valence-electron chi connectivity index (χ1n) is 7.41. The molecule has 0 aliphatic rings. The first-order valence-corrected chi connectivity index (χ1v) is 7.41. The molecule has 0 aliphatic heterocycles. The van der Waals surface area contributed by atoms with Crippen molar-refractivity contribution in [1.29, 1.82) is 0 Å². The fourth-order valence-corrected chi connectivity index (χ4v) is 2.07. The van der Waals surface area contributed by atoms with Crippen LogP contribution in [0.2, 0.25) is 0 Å². The molecule has 22 heavy (non-hydrogen) atoms. The maximum Gasteiger partial charge on any atom is 0.191 e. The quantitative estimate of drug-likeness (QED) is 0.459. The molecule has 120 valence electrons. The summed E-state index contributed by atoms with van der Waals surface area (Å²) in [6.07, 6.45) is 1.85. The molecule has 1 aromatic carbocycles. The van der Waals surface area contributed by atoms with Gasteiger partial charge in [-0.05, 0) is 24.3 Å². The molecule has 1 unspecified atom stereocenters. The lowest BCUT2D eigenvalue weighted by atomic mass is 10.1. The predicted molar refractivity (Wildman–Crippen MR) is 105 cm³/mol. The summed E-state index contributed by atoms with van der Waals surface area (Å²) < 4.78 is 0. The zero-order chi connectivity index (χ0) is 15.2. The Kier molecular flexibility index (Phi) is 7.58. The molecule has 2 N–H and O–H groups in total. The summed E-state index contributed by atoms with van der Waals surface area (Å²) in [5.41, 5.74) is 1.04. The number of benzene rings is 1. The summed E-state index contributed by atoms with van der Waals surface area (Å²) in [4.78, 5) is 8.75. The number of nitrogens with zero attached hydrogens (tertiary/aromatic N) is 2. The molecule has 0 bridgehead atoms. The summed E-state index contributed by atoms with van der Waals surface area (Å²) in [5.74, 6) is 1.37. The van der Waals surface area contributed by atoms with Crippen LogP contribution in [0.3, 0.4) is 0 Å². The number of pyridine rings is 1. The van der Waals surface area contributed by atoms with Crippen LogP contribution in [0.4, 0.5) is 0 Å². The van der Waals surface area contributed by atoms with Crippen LogP contribution in [-0.4, -0.2) is 24.0 Å². The highest BCUT2D eigenvalue weighted by Crippen LogP contribution is 2.15. The molecule has 0 saturated heterocycles. The fraction of sp³-hybridized carbons (Fsp3) is 0.412. The lowest BCUT2D eigenvalue weighted by Crippen LogP contribution is -2.44. The topological polar surface area (TPSA) is 49.3 Å². The minimum absolute atomic E-state index is 0. The van der Waals surface area contributed by atoms with Crippen molar-refractivity contribution in [2.45, 2.75) is 33.4 Å². The molecular weight excluding hydrogens is 387 g/mol. The second-order valence-corrected chi connectivity index (χ2v) is 5.58. The van der Waals surface area contributed by atoms with E-state index in [1.54, 1.807) is 7.05 Å². The number of aromatic nitrogens is 1. The standard InChI is InChI=1S/C17H24N4.HI/c1-12(2)13(3)21-17(18-4)20-11-16-15-8-6-5-7-14(15)9-10-19-16;/h5-10,12-13H,11H2,1-4H3,(H2,18,20,21);1H. The van der Waals surface area contributed by atoms with E-state index in [4.69, 9.17) is 0 Å². The van der Waals surface area contributed by atoms with Gasteiger partial charge in [0.15, 0.2) is 5.96 Å². The van der Waals surface area contributed by atoms with Gasteiger partial charge >= 0.3 is 0 Å². The average Bonchev–Trinajstić information content (AvgIpc) is 2.51. The molecule has 0 saturated carbocycles. The summed E-state index contributed by atoms with van der Waals surface area (Å²) in [5, 5.41) is 9.13. The second-order valence-electron chi connectivity index (χ2n) is 5.58. The van der Waals surface area contributed by atoms with Gasteiger partial charge in [-0.15, -0.1) is 24.0 Å². The average molecular weight is 412 g/mol. The normalized spacial score (nSPS) is 12.9. The van der Waals surface area contributed by atoms with Gasteiger partial charge in [0, 0.05) is 24.7 Å². The highest BCUT2D eigenvalue weighted by molar-refractivity contribution is 14.0. The fourth-order valence-electron chi connectivity index (χ4n) is 2.07. The van der Waals surface area contributed by atoms with Crippen LogP contribution in [0.15, 0.2) is 41.5 Å². The molecule has 2 rings (SSSR count). The van der Waals surface area contributed by atoms with Crippen LogP contribution >= 0.6 is 24.0 Å². The lowest BCUT2D eigenvalue weighted by Gasteiger charge is -2.20. The molecule has 1 aromatic heterocycles. The third-order valence-corrected chi connectivity index (χ3v) is 3.77. The van der Waals surface area contributed by atoms with Gasteiger partial charge in [-0.1, -0.05) is 38.1 Å². The van der Waals surface area contributed by atoms with Gasteiger partial charge in [0.25, 0.3) is 0 Å². The molecule has 4 nitrogen and oxygen atoms in total. The van der Waals surface area contributed by atoms with Gasteiger partial charge in [-0.25, -0.2) is 0 Å². The Bertz CT molecular complexity index is 620. The Morgan fingerprint density at radius 1 is 1.18 bits per heavy atom. The largest absolute Gasteiger partial charge is 0.354 e. The number of nitrogens with one attached hydrogen (secondary N) is 2. The van der Waals surface area contributed by atoms with E-state index in [1.807, 2.05) is 24.4 Å². The number of hydrogen-bond donors (Lipinski definition) is 2. The third-order valence-electron chi connectivity index (χ3n) is 3.77. The zero-order valence-electron chi connectivity index (χ0n) is 13.6. The molecule has 0 amide bonds. The first kappa shape index (κ1) is 18.7. The second kappa shape index (κ2) is 8.92. The van der Waals surface area contributed by atoms with Crippen LogP contribution in [0.1, 0.15) is 26.5 Å². The minimum atomic E-state index is 0. The molecule has 2 aromatic rings. The summed E-state index contributed by atoms with van der Waals surface area (Å²) in [7, 11) is 1.79. The molecule has 1 atom stereocenters. The maximum atomic E-state index is 4.48. The van der Waals surface area contributed by atoms with Gasteiger partial charge in [0.05, 0.1) is 12.2 Å². The first-order chi connectivity index (χ1) is 10.1. The zero-order valence-corrected chi connectivity index (χ0v) is 16.0. The van der Waals surface area contributed by atoms with Crippen molar-refractivity contribution in [3.63, 3.8) is 0 Å². The highest BCUT2D eigenvalue weighted by Gasteiger charge is 2.09. The number of guanidine groups is 1. The van der Waals surface area contributed by atoms with Gasteiger partial charge in [-0.3, -0.25) is 9.98 Å². The molecule has 0 radical (unpaired) electrons. The molecule has 1 heterocycles. The maximum absolute atomic E-state index is 4.48. The number of hydrogen-bond acceptors (Lipinski definition) is 2. The Morgan fingerprint density at radius 2 is 1.91 bits per heavy atom. The molecule has 5 heteroatoms. The van der Waals surface area contributed by atoms with Crippen molar-refractivity contribution in [3.05, 3.63) is 42.2 Å². The molecular formula is C17H25IN4. The molecule has 0 aliphatic carbocycles. The van der Waals surface area contributed by atoms with Crippen LogP contribution < -0.4 is 10.6 Å². The molecule has 0 spiro atoms. The Labute approximate surface area is 149 Å². The van der Waals surface area contributed by atoms with E-state index in [1.165, 1.54) is 10.8 Å². The van der Waals surface area contributed by atoms with Crippen LogP contribution in [0, 0.1) is 5.92 Å². The van der Waals surface area contributed by atoms with E-state index in [-0.39, 0.29) is 24.0 Å². The van der Waals surface area contributed by atoms with Crippen molar-refractivity contribution in [2.24, 2.45) is 10.9 Å². The van der Waals surface area contributed by atoms with Gasteiger partial charge in [-0.2, -0.15) is 0 Å². The number of aliphatic imine (C=N–C) groups is 1. The monoisotopic (exact) mass is 412 g/mol. The third kappa shape index (κ3) is 4.83. The lowest BCUT2D eigenvalue weighted by molar-refractivity contribution is 0.481. The van der Waals surface area contributed by atoms with E-state index in [0.29, 0.717) is 18.5 Å². The van der Waals surface area contributed by atoms with E-state index < -0.39 is 0 Å². The van der Waals surface area contributed by atoms with Crippen LogP contribution in [0.5, 0.6) is 0 Å². The van der Waals surface area contributed by atoms with Crippen molar-refractivity contribution >= 4 is 40.7 Å². The van der Waals surface area contributed by atoms with Gasteiger partial charge < -0.3 is 10.6 Å². The summed E-state index contributed by atoms with van der Waals surface area (Å²) in [6.45, 7) is 7.20. The van der Waals surface area contributed by atoms with Gasteiger partial charge in [0.1, 0.15) is 0 Å². The van der Waals surface area contributed by atoms with Crippen molar-refractivity contribution in [2.75, 3.05) is 7.05 Å². The SMILES string of the molecule is CN=C(NCc1nccc2ccccc12)NC(C)C(C)C.I. The van der Waals surface area contributed by atoms with Crippen LogP contribution in [-0.2, 0) is 6.54 Å². The van der Waals surface area contributed by atoms with E-state index >= 15 is 0 Å². The van der Waals surface area contributed by atoms with Crippen molar-refractivity contribution in [3.8, 4) is 0 Å². The van der Waals surface area contributed by atoms with Crippen molar-refractivity contribution < 1.29 is 0 Å². The Balaban J connectivity index is 0.00000242. The smallest absolute Gasteiger partial charge is 0.191 e.